The molecular formula is C11H22O3. The van der Waals surface area contributed by atoms with E-state index in [0.717, 1.165) is 0 Å². The fraction of sp³-hybridized carbons (Fsp3) is 0.909. The zero-order valence-electron chi connectivity index (χ0n) is 9.83. The summed E-state index contributed by atoms with van der Waals surface area (Å²) in [5, 5.41) is 9.45. The van der Waals surface area contributed by atoms with Gasteiger partial charge in [-0.05, 0) is 27.2 Å². The van der Waals surface area contributed by atoms with Crippen LogP contribution in [0.1, 0.15) is 41.0 Å². The maximum Gasteiger partial charge on any atom is 0.311 e. The standard InChI is InChI=1S/C11H22O3/c1-6-9(12)8(2)7-14-10(13)11(3,4)5/h8-9,12H,6-7H2,1-5H3. The Morgan fingerprint density at radius 1 is 1.43 bits per heavy atom. The molecule has 0 saturated carbocycles. The number of ether oxygens (including phenoxy) is 1. The third-order valence-electron chi connectivity index (χ3n) is 2.16. The third kappa shape index (κ3) is 4.61. The van der Waals surface area contributed by atoms with E-state index in [0.29, 0.717) is 13.0 Å². The van der Waals surface area contributed by atoms with Crippen molar-refractivity contribution >= 4 is 5.97 Å². The molecule has 3 heteroatoms. The Labute approximate surface area is 86.5 Å². The van der Waals surface area contributed by atoms with Crippen molar-refractivity contribution in [2.24, 2.45) is 11.3 Å². The lowest BCUT2D eigenvalue weighted by molar-refractivity contribution is -0.155. The molecule has 0 aromatic heterocycles. The number of esters is 1. The van der Waals surface area contributed by atoms with Gasteiger partial charge >= 0.3 is 5.97 Å². The van der Waals surface area contributed by atoms with E-state index >= 15 is 0 Å². The van der Waals surface area contributed by atoms with E-state index in [1.807, 2.05) is 34.6 Å². The maximum atomic E-state index is 11.4. The van der Waals surface area contributed by atoms with Crippen molar-refractivity contribution in [1.29, 1.82) is 0 Å². The summed E-state index contributed by atoms with van der Waals surface area (Å²) >= 11 is 0. The van der Waals surface area contributed by atoms with Crippen LogP contribution in [0.2, 0.25) is 0 Å². The molecule has 1 N–H and O–H groups in total. The first kappa shape index (κ1) is 13.4. The molecule has 0 aromatic carbocycles. The second kappa shape index (κ2) is 5.35. The summed E-state index contributed by atoms with van der Waals surface area (Å²) in [4.78, 5) is 11.4. The summed E-state index contributed by atoms with van der Waals surface area (Å²) in [6.45, 7) is 9.53. The van der Waals surface area contributed by atoms with Crippen molar-refractivity contribution in [3.05, 3.63) is 0 Å². The van der Waals surface area contributed by atoms with E-state index in [-0.39, 0.29) is 18.0 Å². The van der Waals surface area contributed by atoms with Crippen LogP contribution in [-0.2, 0) is 9.53 Å². The summed E-state index contributed by atoms with van der Waals surface area (Å²) < 4.78 is 5.09. The molecule has 0 rings (SSSR count). The molecule has 0 amide bonds. The second-order valence-electron chi connectivity index (χ2n) is 4.80. The molecule has 84 valence electrons. The molecule has 0 aliphatic heterocycles. The highest BCUT2D eigenvalue weighted by Crippen LogP contribution is 2.16. The fourth-order valence-electron chi connectivity index (χ4n) is 0.937. The van der Waals surface area contributed by atoms with Gasteiger partial charge in [0.25, 0.3) is 0 Å². The Bertz CT molecular complexity index is 181. The van der Waals surface area contributed by atoms with Crippen molar-refractivity contribution in [1.82, 2.24) is 0 Å². The zero-order chi connectivity index (χ0) is 11.4. The highest BCUT2D eigenvalue weighted by molar-refractivity contribution is 5.75. The van der Waals surface area contributed by atoms with Crippen LogP contribution >= 0.6 is 0 Å². The summed E-state index contributed by atoms with van der Waals surface area (Å²) in [5.74, 6) is -0.209. The van der Waals surface area contributed by atoms with E-state index in [2.05, 4.69) is 0 Å². The lowest BCUT2D eigenvalue weighted by atomic mass is 9.97. The topological polar surface area (TPSA) is 46.5 Å². The van der Waals surface area contributed by atoms with Crippen LogP contribution < -0.4 is 0 Å². The Hall–Kier alpha value is -0.570. The summed E-state index contributed by atoms with van der Waals surface area (Å²) in [6.07, 6.45) is 0.302. The molecule has 0 fully saturated rings. The normalized spacial score (nSPS) is 16.1. The van der Waals surface area contributed by atoms with Crippen molar-refractivity contribution < 1.29 is 14.6 Å². The van der Waals surface area contributed by atoms with Crippen LogP contribution in [0.4, 0.5) is 0 Å². The van der Waals surface area contributed by atoms with Gasteiger partial charge in [-0.1, -0.05) is 13.8 Å². The number of carbonyl (C=O) groups is 1. The predicted octanol–water partition coefficient (Wildman–Crippen LogP) is 1.98. The average Bonchev–Trinajstić information content (AvgIpc) is 2.10. The van der Waals surface area contributed by atoms with E-state index in [4.69, 9.17) is 4.74 Å². The monoisotopic (exact) mass is 202 g/mol. The molecule has 0 aromatic rings. The van der Waals surface area contributed by atoms with E-state index in [1.54, 1.807) is 0 Å². The Morgan fingerprint density at radius 2 is 1.93 bits per heavy atom. The molecule has 0 saturated heterocycles. The van der Waals surface area contributed by atoms with E-state index in [9.17, 15) is 9.90 Å². The van der Waals surface area contributed by atoms with Crippen LogP contribution in [-0.4, -0.2) is 23.8 Å². The maximum absolute atomic E-state index is 11.4. The van der Waals surface area contributed by atoms with Gasteiger partial charge in [0.05, 0.1) is 18.1 Å². The first-order valence-corrected chi connectivity index (χ1v) is 5.14. The van der Waals surface area contributed by atoms with Crippen LogP contribution in [0, 0.1) is 11.3 Å². The van der Waals surface area contributed by atoms with Gasteiger partial charge in [0.15, 0.2) is 0 Å². The molecule has 0 spiro atoms. The number of hydrogen-bond donors (Lipinski definition) is 1. The largest absolute Gasteiger partial charge is 0.465 e. The quantitative estimate of drug-likeness (QED) is 0.709. The molecular weight excluding hydrogens is 180 g/mol. The van der Waals surface area contributed by atoms with Crippen LogP contribution in [0.5, 0.6) is 0 Å². The van der Waals surface area contributed by atoms with Crippen LogP contribution in [0.25, 0.3) is 0 Å². The average molecular weight is 202 g/mol. The van der Waals surface area contributed by atoms with Crippen molar-refractivity contribution in [3.63, 3.8) is 0 Å². The Morgan fingerprint density at radius 3 is 2.29 bits per heavy atom. The SMILES string of the molecule is CCC(O)C(C)COC(=O)C(C)(C)C. The van der Waals surface area contributed by atoms with Gasteiger partial charge in [-0.25, -0.2) is 0 Å². The summed E-state index contributed by atoms with van der Waals surface area (Å²) in [6, 6.07) is 0. The molecule has 14 heavy (non-hydrogen) atoms. The minimum atomic E-state index is -0.461. The first-order valence-electron chi connectivity index (χ1n) is 5.14. The summed E-state index contributed by atoms with van der Waals surface area (Å²) in [7, 11) is 0. The molecule has 2 atom stereocenters. The molecule has 0 bridgehead atoms. The number of rotatable bonds is 4. The molecule has 0 radical (unpaired) electrons. The molecule has 0 heterocycles. The van der Waals surface area contributed by atoms with Gasteiger partial charge in [-0.2, -0.15) is 0 Å². The fourth-order valence-corrected chi connectivity index (χ4v) is 0.937. The molecule has 3 nitrogen and oxygen atoms in total. The minimum absolute atomic E-state index is 0.00583. The predicted molar refractivity (Wildman–Crippen MR) is 55.9 cm³/mol. The van der Waals surface area contributed by atoms with Crippen molar-refractivity contribution in [2.45, 2.75) is 47.1 Å². The number of hydrogen-bond acceptors (Lipinski definition) is 3. The van der Waals surface area contributed by atoms with Crippen LogP contribution in [0.3, 0.4) is 0 Å². The highest BCUT2D eigenvalue weighted by Gasteiger charge is 2.24. The number of carbonyl (C=O) groups excluding carboxylic acids is 1. The van der Waals surface area contributed by atoms with Gasteiger partial charge < -0.3 is 9.84 Å². The summed E-state index contributed by atoms with van der Waals surface area (Å²) in [5.41, 5.74) is -0.461. The Kier molecular flexibility index (Phi) is 5.13. The lowest BCUT2D eigenvalue weighted by Gasteiger charge is -2.21. The van der Waals surface area contributed by atoms with Crippen molar-refractivity contribution in [2.75, 3.05) is 6.61 Å². The van der Waals surface area contributed by atoms with Gasteiger partial charge in [0, 0.05) is 5.92 Å². The Balaban J connectivity index is 3.89. The van der Waals surface area contributed by atoms with Crippen LogP contribution in [0.15, 0.2) is 0 Å². The first-order chi connectivity index (χ1) is 6.29. The number of aliphatic hydroxyl groups excluding tert-OH is 1. The second-order valence-corrected chi connectivity index (χ2v) is 4.80. The molecule has 0 aliphatic rings. The van der Waals surface area contributed by atoms with Crippen molar-refractivity contribution in [3.8, 4) is 0 Å². The minimum Gasteiger partial charge on any atom is -0.465 e. The van der Waals surface area contributed by atoms with Gasteiger partial charge in [-0.15, -0.1) is 0 Å². The zero-order valence-corrected chi connectivity index (χ0v) is 9.83. The smallest absolute Gasteiger partial charge is 0.311 e. The van der Waals surface area contributed by atoms with Gasteiger partial charge in [0.2, 0.25) is 0 Å². The third-order valence-corrected chi connectivity index (χ3v) is 2.16. The number of aliphatic hydroxyl groups is 1. The molecule has 2 unspecified atom stereocenters. The lowest BCUT2D eigenvalue weighted by Crippen LogP contribution is -2.28. The van der Waals surface area contributed by atoms with Gasteiger partial charge in [0.1, 0.15) is 0 Å². The highest BCUT2D eigenvalue weighted by atomic mass is 16.5. The molecule has 0 aliphatic carbocycles. The van der Waals surface area contributed by atoms with E-state index < -0.39 is 5.41 Å². The van der Waals surface area contributed by atoms with Gasteiger partial charge in [-0.3, -0.25) is 4.79 Å². The van der Waals surface area contributed by atoms with E-state index in [1.165, 1.54) is 0 Å².